The van der Waals surface area contributed by atoms with Crippen LogP contribution in [0.1, 0.15) is 5.69 Å². The molecule has 0 atom stereocenters. The average molecular weight is 210 g/mol. The Kier molecular flexibility index (Phi) is 2.70. The molecule has 0 saturated heterocycles. The number of nitrogens with two attached hydrogens (primary N) is 1. The van der Waals surface area contributed by atoms with Crippen molar-refractivity contribution in [1.29, 1.82) is 5.26 Å². The quantitative estimate of drug-likeness (QED) is 0.745. The molecule has 3 N–H and O–H groups in total. The van der Waals surface area contributed by atoms with Crippen molar-refractivity contribution in [1.82, 2.24) is 4.98 Å². The SMILES string of the molecule is N#Cc1ccc(Nc2cccc(N)c2)cn1. The van der Waals surface area contributed by atoms with Gasteiger partial charge in [0, 0.05) is 11.4 Å². The van der Waals surface area contributed by atoms with Crippen LogP contribution in [-0.2, 0) is 0 Å². The number of nitrogens with one attached hydrogen (secondary N) is 1. The summed E-state index contributed by atoms with van der Waals surface area (Å²) < 4.78 is 0. The molecule has 0 aliphatic heterocycles. The van der Waals surface area contributed by atoms with Gasteiger partial charge in [0.1, 0.15) is 11.8 Å². The summed E-state index contributed by atoms with van der Waals surface area (Å²) in [5.41, 5.74) is 8.48. The lowest BCUT2D eigenvalue weighted by Gasteiger charge is -2.06. The molecule has 0 radical (unpaired) electrons. The van der Waals surface area contributed by atoms with E-state index in [1.54, 1.807) is 18.3 Å². The molecule has 0 aliphatic rings. The molecular weight excluding hydrogens is 200 g/mol. The summed E-state index contributed by atoms with van der Waals surface area (Å²) in [5, 5.41) is 11.7. The Morgan fingerprint density at radius 3 is 2.69 bits per heavy atom. The molecule has 2 aromatic rings. The second kappa shape index (κ2) is 4.32. The van der Waals surface area contributed by atoms with E-state index < -0.39 is 0 Å². The van der Waals surface area contributed by atoms with Crippen LogP contribution in [0.25, 0.3) is 0 Å². The Morgan fingerprint density at radius 2 is 2.06 bits per heavy atom. The van der Waals surface area contributed by atoms with E-state index in [1.165, 1.54) is 0 Å². The predicted octanol–water partition coefficient (Wildman–Crippen LogP) is 2.28. The minimum atomic E-state index is 0.401. The van der Waals surface area contributed by atoms with E-state index in [4.69, 9.17) is 11.0 Å². The molecule has 0 saturated carbocycles. The van der Waals surface area contributed by atoms with Gasteiger partial charge < -0.3 is 11.1 Å². The van der Waals surface area contributed by atoms with Crippen LogP contribution in [0.15, 0.2) is 42.6 Å². The Balaban J connectivity index is 2.18. The molecule has 1 aromatic heterocycles. The van der Waals surface area contributed by atoms with Gasteiger partial charge in [-0.25, -0.2) is 4.98 Å². The number of anilines is 3. The van der Waals surface area contributed by atoms with Crippen molar-refractivity contribution in [3.05, 3.63) is 48.3 Å². The zero-order chi connectivity index (χ0) is 11.4. The van der Waals surface area contributed by atoms with Gasteiger partial charge in [-0.1, -0.05) is 6.07 Å². The Labute approximate surface area is 93.4 Å². The van der Waals surface area contributed by atoms with E-state index in [-0.39, 0.29) is 0 Å². The van der Waals surface area contributed by atoms with E-state index in [9.17, 15) is 0 Å². The van der Waals surface area contributed by atoms with Gasteiger partial charge in [0.2, 0.25) is 0 Å². The molecule has 1 heterocycles. The fraction of sp³-hybridized carbons (Fsp3) is 0. The highest BCUT2D eigenvalue weighted by Gasteiger charge is 1.96. The van der Waals surface area contributed by atoms with Crippen molar-refractivity contribution < 1.29 is 0 Å². The molecule has 78 valence electrons. The van der Waals surface area contributed by atoms with Gasteiger partial charge in [-0.3, -0.25) is 0 Å². The third-order valence-corrected chi connectivity index (χ3v) is 2.05. The van der Waals surface area contributed by atoms with E-state index in [2.05, 4.69) is 10.3 Å². The van der Waals surface area contributed by atoms with Crippen LogP contribution in [-0.4, -0.2) is 4.98 Å². The fourth-order valence-corrected chi connectivity index (χ4v) is 1.32. The highest BCUT2D eigenvalue weighted by Crippen LogP contribution is 2.17. The summed E-state index contributed by atoms with van der Waals surface area (Å²) in [6.45, 7) is 0. The molecule has 1 aromatic carbocycles. The van der Waals surface area contributed by atoms with Crippen LogP contribution in [0.4, 0.5) is 17.1 Å². The maximum atomic E-state index is 8.61. The van der Waals surface area contributed by atoms with Crippen LogP contribution in [0, 0.1) is 11.3 Å². The molecular formula is C12H10N4. The van der Waals surface area contributed by atoms with Crippen molar-refractivity contribution in [3.63, 3.8) is 0 Å². The Morgan fingerprint density at radius 1 is 1.19 bits per heavy atom. The Hall–Kier alpha value is -2.54. The number of aromatic nitrogens is 1. The number of benzene rings is 1. The normalized spacial score (nSPS) is 9.44. The molecule has 4 nitrogen and oxygen atoms in total. The smallest absolute Gasteiger partial charge is 0.140 e. The van der Waals surface area contributed by atoms with E-state index in [0.29, 0.717) is 11.4 Å². The molecule has 0 amide bonds. The van der Waals surface area contributed by atoms with Gasteiger partial charge in [-0.15, -0.1) is 0 Å². The Bertz CT molecular complexity index is 525. The minimum absolute atomic E-state index is 0.401. The molecule has 0 aliphatic carbocycles. The van der Waals surface area contributed by atoms with Crippen molar-refractivity contribution in [2.45, 2.75) is 0 Å². The van der Waals surface area contributed by atoms with Gasteiger partial charge in [-0.2, -0.15) is 5.26 Å². The van der Waals surface area contributed by atoms with Gasteiger partial charge in [0.05, 0.1) is 11.9 Å². The third kappa shape index (κ3) is 2.28. The second-order valence-electron chi connectivity index (χ2n) is 3.29. The van der Waals surface area contributed by atoms with Crippen LogP contribution in [0.3, 0.4) is 0 Å². The summed E-state index contributed by atoms with van der Waals surface area (Å²) in [6.07, 6.45) is 1.61. The summed E-state index contributed by atoms with van der Waals surface area (Å²) in [4.78, 5) is 3.96. The number of nitrogens with zero attached hydrogens (tertiary/aromatic N) is 2. The van der Waals surface area contributed by atoms with Gasteiger partial charge in [0.15, 0.2) is 0 Å². The summed E-state index contributed by atoms with van der Waals surface area (Å²) in [6, 6.07) is 12.9. The first-order valence-corrected chi connectivity index (χ1v) is 4.76. The monoisotopic (exact) mass is 210 g/mol. The van der Waals surface area contributed by atoms with Crippen LogP contribution in [0.2, 0.25) is 0 Å². The standard InChI is InChI=1S/C12H10N4/c13-7-11-4-5-12(8-15-11)16-10-3-1-2-9(14)6-10/h1-6,8,16H,14H2. The van der Waals surface area contributed by atoms with E-state index >= 15 is 0 Å². The van der Waals surface area contributed by atoms with Crippen molar-refractivity contribution in [3.8, 4) is 6.07 Å². The highest BCUT2D eigenvalue weighted by atomic mass is 14.9. The van der Waals surface area contributed by atoms with Crippen LogP contribution < -0.4 is 11.1 Å². The van der Waals surface area contributed by atoms with Crippen molar-refractivity contribution in [2.24, 2.45) is 0 Å². The molecule has 0 unspecified atom stereocenters. The fourth-order valence-electron chi connectivity index (χ4n) is 1.32. The first kappa shape index (κ1) is 9.99. The predicted molar refractivity (Wildman–Crippen MR) is 63.1 cm³/mol. The molecule has 0 fully saturated rings. The topological polar surface area (TPSA) is 74.7 Å². The number of rotatable bonds is 2. The lowest BCUT2D eigenvalue weighted by atomic mass is 10.2. The maximum absolute atomic E-state index is 8.61. The summed E-state index contributed by atoms with van der Waals surface area (Å²) >= 11 is 0. The number of hydrogen-bond acceptors (Lipinski definition) is 4. The lowest BCUT2D eigenvalue weighted by Crippen LogP contribution is -1.93. The van der Waals surface area contributed by atoms with Crippen molar-refractivity contribution >= 4 is 17.1 Å². The molecule has 2 rings (SSSR count). The van der Waals surface area contributed by atoms with Gasteiger partial charge >= 0.3 is 0 Å². The number of nitrogen functional groups attached to an aromatic ring is 1. The first-order valence-electron chi connectivity index (χ1n) is 4.76. The number of nitriles is 1. The maximum Gasteiger partial charge on any atom is 0.140 e. The number of pyridine rings is 1. The molecule has 4 heteroatoms. The van der Waals surface area contributed by atoms with Gasteiger partial charge in [-0.05, 0) is 30.3 Å². The molecule has 0 spiro atoms. The zero-order valence-corrected chi connectivity index (χ0v) is 8.51. The van der Waals surface area contributed by atoms with E-state index in [1.807, 2.05) is 30.3 Å². The first-order chi connectivity index (χ1) is 7.78. The summed E-state index contributed by atoms with van der Waals surface area (Å²) in [5.74, 6) is 0. The summed E-state index contributed by atoms with van der Waals surface area (Å²) in [7, 11) is 0. The van der Waals surface area contributed by atoms with Gasteiger partial charge in [0.25, 0.3) is 0 Å². The van der Waals surface area contributed by atoms with Crippen LogP contribution in [0.5, 0.6) is 0 Å². The van der Waals surface area contributed by atoms with E-state index in [0.717, 1.165) is 11.4 Å². The largest absolute Gasteiger partial charge is 0.399 e. The minimum Gasteiger partial charge on any atom is -0.399 e. The molecule has 16 heavy (non-hydrogen) atoms. The number of hydrogen-bond donors (Lipinski definition) is 2. The third-order valence-electron chi connectivity index (χ3n) is 2.05. The highest BCUT2D eigenvalue weighted by molar-refractivity contribution is 5.63. The average Bonchev–Trinajstić information content (AvgIpc) is 2.30. The van der Waals surface area contributed by atoms with Crippen LogP contribution >= 0.6 is 0 Å². The second-order valence-corrected chi connectivity index (χ2v) is 3.29. The van der Waals surface area contributed by atoms with Crippen molar-refractivity contribution in [2.75, 3.05) is 11.1 Å². The zero-order valence-electron chi connectivity index (χ0n) is 8.51. The lowest BCUT2D eigenvalue weighted by molar-refractivity contribution is 1.26. The molecule has 0 bridgehead atoms.